The summed E-state index contributed by atoms with van der Waals surface area (Å²) in [4.78, 5) is 73.2. The molecule has 0 saturated carbocycles. The van der Waals surface area contributed by atoms with E-state index in [0.29, 0.717) is 32.1 Å². The normalized spacial score (nSPS) is 14.7. The molecule has 0 aromatic rings. The first kappa shape index (κ1) is 104. The quantitative estimate of drug-likeness (QED) is 0.0169. The molecule has 110 heavy (non-hydrogen) atoms. The Hall–Kier alpha value is -5.84. The molecule has 0 aromatic heterocycles. The van der Waals surface area contributed by atoms with Crippen LogP contribution in [0, 0.1) is 0 Å². The molecule has 0 aliphatic carbocycles. The van der Waals surface area contributed by atoms with Gasteiger partial charge in [-0.05, 0) is 173 Å². The van der Waals surface area contributed by atoms with Crippen molar-refractivity contribution in [3.05, 3.63) is 182 Å². The maximum atomic E-state index is 13.1. The zero-order valence-electron chi connectivity index (χ0n) is 68.4. The summed E-state index contributed by atoms with van der Waals surface area (Å²) in [5, 5.41) is 10.7. The molecular formula is C91H148O17P2. The summed E-state index contributed by atoms with van der Waals surface area (Å²) in [6.45, 7) is 4.40. The number of phosphoric acid groups is 2. The second-order valence-corrected chi connectivity index (χ2v) is 30.2. The summed E-state index contributed by atoms with van der Waals surface area (Å²) in [5.74, 6) is -2.31. The summed E-state index contributed by atoms with van der Waals surface area (Å²) in [6.07, 6.45) is 98.6. The fraction of sp³-hybridized carbons (Fsp3) is 0.626. The third-order valence-corrected chi connectivity index (χ3v) is 18.7. The van der Waals surface area contributed by atoms with Gasteiger partial charge in [-0.25, -0.2) is 9.13 Å². The molecular weight excluding hydrogens is 1430 g/mol. The highest BCUT2D eigenvalue weighted by Gasteiger charge is 2.30. The minimum absolute atomic E-state index is 0.00181. The zero-order valence-corrected chi connectivity index (χ0v) is 70.1. The molecule has 17 nitrogen and oxygen atoms in total. The molecule has 0 fully saturated rings. The van der Waals surface area contributed by atoms with Crippen LogP contribution in [0.15, 0.2) is 182 Å². The lowest BCUT2D eigenvalue weighted by molar-refractivity contribution is -0.161. The largest absolute Gasteiger partial charge is 0.472 e. The molecule has 0 aliphatic rings. The Morgan fingerprint density at radius 1 is 0.264 bits per heavy atom. The lowest BCUT2D eigenvalue weighted by atomic mass is 10.1. The van der Waals surface area contributed by atoms with Crippen LogP contribution in [0.2, 0.25) is 0 Å². The van der Waals surface area contributed by atoms with Crippen molar-refractivity contribution in [1.82, 2.24) is 0 Å². The first-order chi connectivity index (χ1) is 53.7. The van der Waals surface area contributed by atoms with Crippen LogP contribution in [0.5, 0.6) is 0 Å². The summed E-state index contributed by atoms with van der Waals surface area (Å²) in [5.41, 5.74) is 0. The van der Waals surface area contributed by atoms with E-state index < -0.39 is 97.5 Å². The third-order valence-electron chi connectivity index (χ3n) is 16.8. The van der Waals surface area contributed by atoms with E-state index in [1.807, 2.05) is 12.2 Å². The van der Waals surface area contributed by atoms with Crippen molar-refractivity contribution in [2.75, 3.05) is 39.6 Å². The number of hydrogen-bond acceptors (Lipinski definition) is 15. The minimum atomic E-state index is -5.01. The van der Waals surface area contributed by atoms with Crippen LogP contribution in [-0.2, 0) is 65.4 Å². The van der Waals surface area contributed by atoms with Crippen LogP contribution in [-0.4, -0.2) is 96.7 Å². The molecule has 19 heteroatoms. The molecule has 0 amide bonds. The number of esters is 4. The molecule has 0 bridgehead atoms. The van der Waals surface area contributed by atoms with E-state index in [0.717, 1.165) is 186 Å². The average molecular weight is 1580 g/mol. The lowest BCUT2D eigenvalue weighted by Crippen LogP contribution is -2.30. The van der Waals surface area contributed by atoms with E-state index in [1.165, 1.54) is 38.5 Å². The molecule has 624 valence electrons. The fourth-order valence-electron chi connectivity index (χ4n) is 10.6. The zero-order chi connectivity index (χ0) is 80.3. The molecule has 5 atom stereocenters. The van der Waals surface area contributed by atoms with E-state index in [9.17, 15) is 43.2 Å². The standard InChI is InChI=1S/C91H148O17P2/c1-5-9-13-17-21-25-29-33-37-40-42-45-48-51-55-59-63-67-71-75-88(93)101-81-86(107-90(95)77-73-69-65-61-57-53-47-36-32-28-24-20-16-12-8-4)83-105-109(97,98)103-79-85(92)80-104-110(99,100)106-84-87(108-91(96)78-74-70-66-62-58-54-50-44-39-35-31-27-23-19-15-11-7-3)82-102-89(94)76-72-68-64-60-56-52-49-46-43-41-38-34-30-26-22-18-14-10-6-2/h9-11,13-15,21-23,25-27,33-39,42-43,45-47,50,52,54,56,62,66,85-87,92H,5-8,12,16-20,24,28-32,40-41,44,48-49,51,53,55,57-61,63-65,67-84H2,1-4H3,(H,97,98)(H,99,100)/b13-9-,14-10-,15-11-,25-21-,26-22-,27-23-,37-33-,38-34-,39-35-,45-42-,46-43-,47-36-,54-50-,56-52-,66-62-. The Kier molecular flexibility index (Phi) is 76.9. The Morgan fingerprint density at radius 3 is 0.782 bits per heavy atom. The van der Waals surface area contributed by atoms with E-state index >= 15 is 0 Å². The summed E-state index contributed by atoms with van der Waals surface area (Å²) >= 11 is 0. The van der Waals surface area contributed by atoms with Gasteiger partial charge in [0, 0.05) is 25.7 Å². The van der Waals surface area contributed by atoms with E-state index in [1.54, 1.807) is 0 Å². The second-order valence-electron chi connectivity index (χ2n) is 27.3. The molecule has 0 radical (unpaired) electrons. The topological polar surface area (TPSA) is 237 Å². The van der Waals surface area contributed by atoms with Crippen molar-refractivity contribution in [1.29, 1.82) is 0 Å². The summed E-state index contributed by atoms with van der Waals surface area (Å²) in [7, 11) is -10.0. The first-order valence-electron chi connectivity index (χ1n) is 42.0. The van der Waals surface area contributed by atoms with Crippen LogP contribution in [0.1, 0.15) is 310 Å². The maximum absolute atomic E-state index is 13.1. The van der Waals surface area contributed by atoms with Gasteiger partial charge < -0.3 is 33.8 Å². The van der Waals surface area contributed by atoms with Gasteiger partial charge >= 0.3 is 39.5 Å². The number of phosphoric ester groups is 2. The highest BCUT2D eigenvalue weighted by molar-refractivity contribution is 7.47. The minimum Gasteiger partial charge on any atom is -0.462 e. The molecule has 0 heterocycles. The van der Waals surface area contributed by atoms with Crippen molar-refractivity contribution in [3.8, 4) is 0 Å². The lowest BCUT2D eigenvalue weighted by Gasteiger charge is -2.21. The third kappa shape index (κ3) is 80.2. The molecule has 3 N–H and O–H groups in total. The number of unbranched alkanes of at least 4 members (excludes halogenated alkanes) is 21. The van der Waals surface area contributed by atoms with Gasteiger partial charge in [-0.3, -0.25) is 37.3 Å². The van der Waals surface area contributed by atoms with Gasteiger partial charge in [0.2, 0.25) is 0 Å². The smallest absolute Gasteiger partial charge is 0.462 e. The van der Waals surface area contributed by atoms with Crippen molar-refractivity contribution >= 4 is 39.5 Å². The van der Waals surface area contributed by atoms with Gasteiger partial charge in [0.25, 0.3) is 0 Å². The fourth-order valence-corrected chi connectivity index (χ4v) is 12.1. The van der Waals surface area contributed by atoms with Gasteiger partial charge in [-0.2, -0.15) is 0 Å². The van der Waals surface area contributed by atoms with E-state index in [2.05, 4.69) is 198 Å². The SMILES string of the molecule is CC/C=C\C/C=C\C/C=C\C/C=C\C/C=C\CCCCCC(=O)OCC(COP(=O)(O)OCC(O)COP(=O)(O)OCC(COC(=O)CCCCCCCC/C=C\C/C=C\C/C=C\C/C=C\CC)OC(=O)CCCCCCC/C=C\CCCCCCCC)OC(=O)CCC/C=C\C/C=C\C/C=C\C/C=C\C/C=C\CC. The second kappa shape index (κ2) is 81.2. The van der Waals surface area contributed by atoms with Gasteiger partial charge in [0.05, 0.1) is 26.4 Å². The Morgan fingerprint density at radius 2 is 0.482 bits per heavy atom. The van der Waals surface area contributed by atoms with Gasteiger partial charge in [-0.15, -0.1) is 0 Å². The molecule has 5 unspecified atom stereocenters. The number of ether oxygens (including phenoxy) is 4. The maximum Gasteiger partial charge on any atom is 0.472 e. The highest BCUT2D eigenvalue weighted by Crippen LogP contribution is 2.45. The van der Waals surface area contributed by atoms with Crippen LogP contribution < -0.4 is 0 Å². The number of carbonyl (C=O) groups excluding carboxylic acids is 4. The van der Waals surface area contributed by atoms with E-state index in [-0.39, 0.29) is 25.7 Å². The van der Waals surface area contributed by atoms with Crippen LogP contribution >= 0.6 is 15.6 Å². The monoisotopic (exact) mass is 1580 g/mol. The van der Waals surface area contributed by atoms with Crippen LogP contribution in [0.3, 0.4) is 0 Å². The summed E-state index contributed by atoms with van der Waals surface area (Å²) in [6, 6.07) is 0. The first-order valence-corrected chi connectivity index (χ1v) is 45.0. The van der Waals surface area contributed by atoms with Crippen LogP contribution in [0.25, 0.3) is 0 Å². The van der Waals surface area contributed by atoms with Gasteiger partial charge in [-0.1, -0.05) is 293 Å². The Bertz CT molecular complexity index is 2800. The van der Waals surface area contributed by atoms with Crippen LogP contribution in [0.4, 0.5) is 0 Å². The number of aliphatic hydroxyl groups excluding tert-OH is 1. The average Bonchev–Trinajstić information content (AvgIpc) is 0.906. The van der Waals surface area contributed by atoms with Crippen molar-refractivity contribution in [2.24, 2.45) is 0 Å². The number of allylic oxidation sites excluding steroid dienone is 30. The summed E-state index contributed by atoms with van der Waals surface area (Å²) < 4.78 is 68.7. The molecule has 0 aliphatic heterocycles. The number of carbonyl (C=O) groups is 4. The van der Waals surface area contributed by atoms with Crippen molar-refractivity contribution in [3.63, 3.8) is 0 Å². The van der Waals surface area contributed by atoms with E-state index in [4.69, 9.17) is 37.0 Å². The molecule has 0 rings (SSSR count). The highest BCUT2D eigenvalue weighted by atomic mass is 31.2. The van der Waals surface area contributed by atoms with Gasteiger partial charge in [0.1, 0.15) is 19.3 Å². The molecule has 0 spiro atoms. The molecule has 0 saturated heterocycles. The van der Waals surface area contributed by atoms with Crippen molar-refractivity contribution < 1.29 is 80.2 Å². The predicted molar refractivity (Wildman–Crippen MR) is 454 cm³/mol. The van der Waals surface area contributed by atoms with Gasteiger partial charge in [0.15, 0.2) is 12.2 Å². The predicted octanol–water partition coefficient (Wildman–Crippen LogP) is 25.1. The number of rotatable bonds is 77. The number of aliphatic hydroxyl groups is 1. The molecule has 0 aromatic carbocycles. The number of hydrogen-bond donors (Lipinski definition) is 3. The Balaban J connectivity index is 5.49. The van der Waals surface area contributed by atoms with Crippen molar-refractivity contribution in [2.45, 2.75) is 329 Å². The Labute approximate surface area is 666 Å².